The van der Waals surface area contributed by atoms with Crippen LogP contribution < -0.4 is 11.1 Å². The fourth-order valence-corrected chi connectivity index (χ4v) is 1.85. The molecule has 1 aromatic carbocycles. The molecule has 108 valence electrons. The Morgan fingerprint density at radius 2 is 2.00 bits per heavy atom. The van der Waals surface area contributed by atoms with Gasteiger partial charge in [0.25, 0.3) is 5.91 Å². The summed E-state index contributed by atoms with van der Waals surface area (Å²) in [6, 6.07) is 6.92. The van der Waals surface area contributed by atoms with Gasteiger partial charge in [-0.1, -0.05) is 17.3 Å². The van der Waals surface area contributed by atoms with E-state index in [-0.39, 0.29) is 11.7 Å². The maximum absolute atomic E-state index is 12.2. The molecule has 6 nitrogen and oxygen atoms in total. The normalized spacial score (nSPS) is 11.2. The first-order chi connectivity index (χ1) is 10.0. The molecule has 0 unspecified atom stereocenters. The van der Waals surface area contributed by atoms with Crippen LogP contribution in [0.4, 0.5) is 5.69 Å². The van der Waals surface area contributed by atoms with E-state index in [1.54, 1.807) is 30.5 Å². The molecule has 0 aliphatic heterocycles. The Morgan fingerprint density at radius 3 is 2.67 bits per heavy atom. The number of oxime groups is 1. The summed E-state index contributed by atoms with van der Waals surface area (Å²) >= 11 is 0. The van der Waals surface area contributed by atoms with E-state index in [1.807, 2.05) is 13.8 Å². The van der Waals surface area contributed by atoms with Gasteiger partial charge in [0.05, 0.1) is 5.56 Å². The third-order valence-corrected chi connectivity index (χ3v) is 3.03. The van der Waals surface area contributed by atoms with Crippen LogP contribution in [-0.4, -0.2) is 21.9 Å². The number of carbonyl (C=O) groups is 1. The minimum Gasteiger partial charge on any atom is -0.409 e. The summed E-state index contributed by atoms with van der Waals surface area (Å²) in [7, 11) is 0. The second kappa shape index (κ2) is 6.04. The van der Waals surface area contributed by atoms with E-state index in [1.165, 1.54) is 6.20 Å². The first-order valence-corrected chi connectivity index (χ1v) is 6.33. The summed E-state index contributed by atoms with van der Waals surface area (Å²) in [6.07, 6.45) is 3.19. The molecule has 0 fully saturated rings. The van der Waals surface area contributed by atoms with Gasteiger partial charge < -0.3 is 16.3 Å². The monoisotopic (exact) mass is 284 g/mol. The number of hydrogen-bond donors (Lipinski definition) is 3. The Kier molecular flexibility index (Phi) is 4.18. The maximum atomic E-state index is 12.2. The highest BCUT2D eigenvalue weighted by molar-refractivity contribution is 6.05. The van der Waals surface area contributed by atoms with Gasteiger partial charge in [0, 0.05) is 23.6 Å². The summed E-state index contributed by atoms with van der Waals surface area (Å²) < 4.78 is 0. The molecule has 0 aliphatic carbocycles. The lowest BCUT2D eigenvalue weighted by Gasteiger charge is -2.10. The molecule has 6 heteroatoms. The van der Waals surface area contributed by atoms with E-state index >= 15 is 0 Å². The first-order valence-electron chi connectivity index (χ1n) is 6.33. The summed E-state index contributed by atoms with van der Waals surface area (Å²) in [4.78, 5) is 16.2. The van der Waals surface area contributed by atoms with Crippen molar-refractivity contribution in [3.63, 3.8) is 0 Å². The molecule has 2 aromatic rings. The number of aryl methyl sites for hydroxylation is 2. The van der Waals surface area contributed by atoms with Crippen molar-refractivity contribution in [1.82, 2.24) is 4.98 Å². The smallest absolute Gasteiger partial charge is 0.257 e. The number of nitrogens with one attached hydrogen (secondary N) is 1. The van der Waals surface area contributed by atoms with Crippen molar-refractivity contribution in [2.75, 3.05) is 5.32 Å². The number of amides is 1. The molecule has 4 N–H and O–H groups in total. The van der Waals surface area contributed by atoms with Crippen LogP contribution in [0.3, 0.4) is 0 Å². The van der Waals surface area contributed by atoms with Gasteiger partial charge in [0.1, 0.15) is 0 Å². The molecule has 0 radical (unpaired) electrons. The van der Waals surface area contributed by atoms with E-state index in [2.05, 4.69) is 15.5 Å². The number of nitrogens with zero attached hydrogens (tertiary/aromatic N) is 2. The Morgan fingerprint density at radius 1 is 1.24 bits per heavy atom. The zero-order chi connectivity index (χ0) is 15.4. The number of rotatable bonds is 3. The number of anilines is 1. The Labute approximate surface area is 122 Å². The third-order valence-electron chi connectivity index (χ3n) is 3.03. The molecule has 2 rings (SSSR count). The van der Waals surface area contributed by atoms with Gasteiger partial charge in [-0.05, 0) is 37.1 Å². The molecular weight excluding hydrogens is 268 g/mol. The molecule has 0 spiro atoms. The summed E-state index contributed by atoms with van der Waals surface area (Å²) in [6.45, 7) is 3.73. The van der Waals surface area contributed by atoms with Crippen molar-refractivity contribution in [3.05, 3.63) is 58.9 Å². The lowest BCUT2D eigenvalue weighted by atomic mass is 10.1. The fraction of sp³-hybridized carbons (Fsp3) is 0.133. The van der Waals surface area contributed by atoms with Gasteiger partial charge in [-0.2, -0.15) is 0 Å². The molecule has 21 heavy (non-hydrogen) atoms. The van der Waals surface area contributed by atoms with E-state index < -0.39 is 0 Å². The van der Waals surface area contributed by atoms with Gasteiger partial charge in [-0.3, -0.25) is 9.78 Å². The molecule has 0 saturated carbocycles. The van der Waals surface area contributed by atoms with Crippen LogP contribution >= 0.6 is 0 Å². The predicted molar refractivity (Wildman–Crippen MR) is 80.6 cm³/mol. The summed E-state index contributed by atoms with van der Waals surface area (Å²) in [5.41, 5.74) is 8.94. The zero-order valence-electron chi connectivity index (χ0n) is 11.8. The highest BCUT2D eigenvalue weighted by atomic mass is 16.4. The lowest BCUT2D eigenvalue weighted by Crippen LogP contribution is -2.16. The van der Waals surface area contributed by atoms with E-state index in [0.717, 1.165) is 11.1 Å². The SMILES string of the molecule is Cc1cncc(C(=O)Nc2cc(C(N)=NO)ccc2C)c1. The van der Waals surface area contributed by atoms with Crippen LogP contribution in [-0.2, 0) is 0 Å². The molecule has 1 heterocycles. The number of benzene rings is 1. The number of pyridine rings is 1. The van der Waals surface area contributed by atoms with Gasteiger partial charge in [0.15, 0.2) is 5.84 Å². The minimum absolute atomic E-state index is 0.0114. The Hall–Kier alpha value is -2.89. The summed E-state index contributed by atoms with van der Waals surface area (Å²) in [5.74, 6) is -0.270. The van der Waals surface area contributed by atoms with Crippen molar-refractivity contribution in [2.24, 2.45) is 10.9 Å². The van der Waals surface area contributed by atoms with E-state index in [4.69, 9.17) is 10.9 Å². The molecule has 0 atom stereocenters. The average molecular weight is 284 g/mol. The fourth-order valence-electron chi connectivity index (χ4n) is 1.85. The van der Waals surface area contributed by atoms with Crippen LogP contribution in [0.2, 0.25) is 0 Å². The van der Waals surface area contributed by atoms with Gasteiger partial charge >= 0.3 is 0 Å². The van der Waals surface area contributed by atoms with Gasteiger partial charge in [0.2, 0.25) is 0 Å². The molecule has 0 aliphatic rings. The second-order valence-corrected chi connectivity index (χ2v) is 4.72. The number of aromatic nitrogens is 1. The van der Waals surface area contributed by atoms with Crippen molar-refractivity contribution >= 4 is 17.4 Å². The van der Waals surface area contributed by atoms with Crippen LogP contribution in [0.5, 0.6) is 0 Å². The summed E-state index contributed by atoms with van der Waals surface area (Å²) in [5, 5.41) is 14.5. The van der Waals surface area contributed by atoms with Crippen molar-refractivity contribution < 1.29 is 10.0 Å². The Balaban J connectivity index is 2.29. The van der Waals surface area contributed by atoms with Gasteiger partial charge in [-0.25, -0.2) is 0 Å². The van der Waals surface area contributed by atoms with Crippen molar-refractivity contribution in [2.45, 2.75) is 13.8 Å². The quantitative estimate of drug-likeness (QED) is 0.347. The lowest BCUT2D eigenvalue weighted by molar-refractivity contribution is 0.102. The molecule has 0 saturated heterocycles. The van der Waals surface area contributed by atoms with Crippen LogP contribution in [0.25, 0.3) is 0 Å². The van der Waals surface area contributed by atoms with Crippen LogP contribution in [0.1, 0.15) is 27.0 Å². The number of amidine groups is 1. The molecule has 0 bridgehead atoms. The molecule has 1 aromatic heterocycles. The molecule has 1 amide bonds. The number of nitrogens with two attached hydrogens (primary N) is 1. The van der Waals surface area contributed by atoms with Crippen LogP contribution in [0, 0.1) is 13.8 Å². The second-order valence-electron chi connectivity index (χ2n) is 4.72. The molecular formula is C15H16N4O2. The largest absolute Gasteiger partial charge is 0.409 e. The standard InChI is InChI=1S/C15H16N4O2/c1-9-5-12(8-17-7-9)15(20)18-13-6-11(14(16)19-21)4-3-10(13)2/h3-8,21H,1-2H3,(H2,16,19)(H,18,20). The third kappa shape index (κ3) is 3.36. The van der Waals surface area contributed by atoms with E-state index in [9.17, 15) is 4.79 Å². The predicted octanol–water partition coefficient (Wildman–Crippen LogP) is 2.05. The highest BCUT2D eigenvalue weighted by Crippen LogP contribution is 2.18. The van der Waals surface area contributed by atoms with Crippen molar-refractivity contribution in [3.8, 4) is 0 Å². The number of hydrogen-bond acceptors (Lipinski definition) is 4. The topological polar surface area (TPSA) is 101 Å². The minimum atomic E-state index is -0.258. The highest BCUT2D eigenvalue weighted by Gasteiger charge is 2.10. The number of carbonyl (C=O) groups excluding carboxylic acids is 1. The van der Waals surface area contributed by atoms with Gasteiger partial charge in [-0.15, -0.1) is 0 Å². The van der Waals surface area contributed by atoms with Crippen molar-refractivity contribution in [1.29, 1.82) is 0 Å². The Bertz CT molecular complexity index is 711. The first kappa shape index (κ1) is 14.5. The zero-order valence-corrected chi connectivity index (χ0v) is 11.8. The average Bonchev–Trinajstić information content (AvgIpc) is 2.48. The van der Waals surface area contributed by atoms with Crippen LogP contribution in [0.15, 0.2) is 41.8 Å². The van der Waals surface area contributed by atoms with E-state index in [0.29, 0.717) is 16.8 Å². The maximum Gasteiger partial charge on any atom is 0.257 e.